The lowest BCUT2D eigenvalue weighted by Crippen LogP contribution is -2.02. The molecule has 4 heterocycles. The quantitative estimate of drug-likeness (QED) is 0.435. The standard InChI is InChI=1S/C22H19FN6O/c1-4-28-19(9-10-25-28)18-11-17(22-24-12-13(2)30-22)20-14(3)27-29(21(20)26-18)16-7-5-15(23)6-8-16/h5-12H,4H2,1-3H3. The molecular weight excluding hydrogens is 383 g/mol. The maximum atomic E-state index is 13.5. The topological polar surface area (TPSA) is 74.6 Å². The number of oxazole rings is 1. The molecule has 0 N–H and O–H groups in total. The summed E-state index contributed by atoms with van der Waals surface area (Å²) in [7, 11) is 0. The minimum Gasteiger partial charge on any atom is -0.441 e. The van der Waals surface area contributed by atoms with Gasteiger partial charge in [-0.15, -0.1) is 0 Å². The molecule has 5 aromatic rings. The van der Waals surface area contributed by atoms with E-state index in [-0.39, 0.29) is 5.82 Å². The van der Waals surface area contributed by atoms with Crippen molar-refractivity contribution in [1.29, 1.82) is 0 Å². The van der Waals surface area contributed by atoms with Crippen molar-refractivity contribution in [1.82, 2.24) is 29.5 Å². The SMILES string of the molecule is CCn1nccc1-c1cc(-c2ncc(C)o2)c2c(C)nn(-c3ccc(F)cc3)c2n1. The molecule has 30 heavy (non-hydrogen) atoms. The zero-order chi connectivity index (χ0) is 20.8. The van der Waals surface area contributed by atoms with Crippen molar-refractivity contribution < 1.29 is 8.81 Å². The average Bonchev–Trinajstić information content (AvgIpc) is 3.47. The first kappa shape index (κ1) is 18.2. The first-order valence-corrected chi connectivity index (χ1v) is 9.66. The number of nitrogens with zero attached hydrogens (tertiary/aromatic N) is 6. The van der Waals surface area contributed by atoms with Crippen molar-refractivity contribution in [3.8, 4) is 28.5 Å². The van der Waals surface area contributed by atoms with Crippen molar-refractivity contribution >= 4 is 11.0 Å². The molecule has 0 fully saturated rings. The van der Waals surface area contributed by atoms with Crippen molar-refractivity contribution in [3.05, 3.63) is 66.1 Å². The molecule has 0 aliphatic carbocycles. The fourth-order valence-corrected chi connectivity index (χ4v) is 3.63. The molecule has 7 nitrogen and oxygen atoms in total. The molecule has 0 saturated heterocycles. The number of benzene rings is 1. The second-order valence-electron chi connectivity index (χ2n) is 7.04. The van der Waals surface area contributed by atoms with Gasteiger partial charge in [0.1, 0.15) is 11.6 Å². The highest BCUT2D eigenvalue weighted by molar-refractivity contribution is 5.95. The van der Waals surface area contributed by atoms with E-state index in [1.54, 1.807) is 29.2 Å². The van der Waals surface area contributed by atoms with Crippen LogP contribution in [0.2, 0.25) is 0 Å². The van der Waals surface area contributed by atoms with Crippen LogP contribution in [0.5, 0.6) is 0 Å². The van der Waals surface area contributed by atoms with Crippen LogP contribution < -0.4 is 0 Å². The van der Waals surface area contributed by atoms with Crippen LogP contribution in [0.15, 0.2) is 53.2 Å². The fourth-order valence-electron chi connectivity index (χ4n) is 3.63. The molecule has 1 aromatic carbocycles. The normalized spacial score (nSPS) is 11.5. The molecule has 0 amide bonds. The molecule has 0 bridgehead atoms. The Morgan fingerprint density at radius 2 is 1.90 bits per heavy atom. The molecule has 0 saturated carbocycles. The maximum Gasteiger partial charge on any atom is 0.227 e. The van der Waals surface area contributed by atoms with E-state index < -0.39 is 0 Å². The van der Waals surface area contributed by atoms with E-state index in [0.29, 0.717) is 18.1 Å². The van der Waals surface area contributed by atoms with Crippen LogP contribution in [0.1, 0.15) is 18.4 Å². The molecule has 0 radical (unpaired) electrons. The second-order valence-corrected chi connectivity index (χ2v) is 7.04. The third-order valence-electron chi connectivity index (χ3n) is 5.01. The number of pyridine rings is 1. The van der Waals surface area contributed by atoms with Crippen LogP contribution in [-0.2, 0) is 6.54 Å². The van der Waals surface area contributed by atoms with E-state index in [1.807, 2.05) is 37.6 Å². The molecular formula is C22H19FN6O. The summed E-state index contributed by atoms with van der Waals surface area (Å²) in [6.45, 7) is 6.52. The monoisotopic (exact) mass is 402 g/mol. The van der Waals surface area contributed by atoms with Gasteiger partial charge in [-0.1, -0.05) is 0 Å². The van der Waals surface area contributed by atoms with Crippen LogP contribution in [0.4, 0.5) is 4.39 Å². The summed E-state index contributed by atoms with van der Waals surface area (Å²) in [5.74, 6) is 0.924. The Balaban J connectivity index is 1.84. The predicted octanol–water partition coefficient (Wildman–Crippen LogP) is 4.71. The Labute approximate surface area is 171 Å². The van der Waals surface area contributed by atoms with Crippen LogP contribution >= 0.6 is 0 Å². The molecule has 0 unspecified atom stereocenters. The minimum absolute atomic E-state index is 0.302. The lowest BCUT2D eigenvalue weighted by atomic mass is 10.1. The van der Waals surface area contributed by atoms with Gasteiger partial charge in [0.05, 0.1) is 39.9 Å². The van der Waals surface area contributed by atoms with Crippen LogP contribution in [-0.4, -0.2) is 29.5 Å². The highest BCUT2D eigenvalue weighted by Gasteiger charge is 2.21. The van der Waals surface area contributed by atoms with E-state index in [1.165, 1.54) is 12.1 Å². The molecule has 4 aromatic heterocycles. The lowest BCUT2D eigenvalue weighted by molar-refractivity contribution is 0.543. The van der Waals surface area contributed by atoms with Crippen molar-refractivity contribution in [3.63, 3.8) is 0 Å². The number of aromatic nitrogens is 6. The Morgan fingerprint density at radius 1 is 1.10 bits per heavy atom. The summed E-state index contributed by atoms with van der Waals surface area (Å²) in [4.78, 5) is 9.35. The minimum atomic E-state index is -0.302. The van der Waals surface area contributed by atoms with Gasteiger partial charge in [-0.05, 0) is 57.2 Å². The average molecular weight is 402 g/mol. The summed E-state index contributed by atoms with van der Waals surface area (Å²) in [5, 5.41) is 9.89. The van der Waals surface area contributed by atoms with Gasteiger partial charge in [0.15, 0.2) is 5.65 Å². The van der Waals surface area contributed by atoms with E-state index in [9.17, 15) is 4.39 Å². The Hall–Kier alpha value is -3.81. The van der Waals surface area contributed by atoms with Crippen LogP contribution in [0, 0.1) is 19.7 Å². The van der Waals surface area contributed by atoms with E-state index in [2.05, 4.69) is 15.2 Å². The van der Waals surface area contributed by atoms with Crippen LogP contribution in [0.3, 0.4) is 0 Å². The number of aryl methyl sites for hydroxylation is 3. The summed E-state index contributed by atoms with van der Waals surface area (Å²) < 4.78 is 22.9. The second kappa shape index (κ2) is 6.91. The third kappa shape index (κ3) is 2.88. The van der Waals surface area contributed by atoms with Gasteiger partial charge in [-0.2, -0.15) is 10.2 Å². The van der Waals surface area contributed by atoms with Gasteiger partial charge in [-0.3, -0.25) is 4.68 Å². The zero-order valence-corrected chi connectivity index (χ0v) is 16.8. The summed E-state index contributed by atoms with van der Waals surface area (Å²) in [5.41, 5.74) is 4.56. The van der Waals surface area contributed by atoms with Gasteiger partial charge < -0.3 is 4.42 Å². The smallest absolute Gasteiger partial charge is 0.227 e. The number of fused-ring (bicyclic) bond motifs is 1. The molecule has 0 aliphatic rings. The Bertz CT molecular complexity index is 1360. The number of rotatable bonds is 4. The zero-order valence-electron chi connectivity index (χ0n) is 16.8. The molecule has 0 aliphatic heterocycles. The number of hydrogen-bond acceptors (Lipinski definition) is 5. The lowest BCUT2D eigenvalue weighted by Gasteiger charge is -2.09. The van der Waals surface area contributed by atoms with Gasteiger partial charge in [0.2, 0.25) is 5.89 Å². The third-order valence-corrected chi connectivity index (χ3v) is 5.01. The summed E-state index contributed by atoms with van der Waals surface area (Å²) >= 11 is 0. The predicted molar refractivity (Wildman–Crippen MR) is 111 cm³/mol. The van der Waals surface area contributed by atoms with E-state index in [4.69, 9.17) is 9.40 Å². The Kier molecular flexibility index (Phi) is 4.20. The molecule has 150 valence electrons. The van der Waals surface area contributed by atoms with E-state index in [0.717, 1.165) is 39.5 Å². The maximum absolute atomic E-state index is 13.5. The molecule has 0 atom stereocenters. The number of hydrogen-bond donors (Lipinski definition) is 0. The summed E-state index contributed by atoms with van der Waals surface area (Å²) in [6, 6.07) is 10.1. The first-order valence-electron chi connectivity index (χ1n) is 9.66. The molecule has 8 heteroatoms. The van der Waals surface area contributed by atoms with Gasteiger partial charge >= 0.3 is 0 Å². The largest absolute Gasteiger partial charge is 0.441 e. The fraction of sp³-hybridized carbons (Fsp3) is 0.182. The van der Waals surface area contributed by atoms with Crippen molar-refractivity contribution in [2.45, 2.75) is 27.3 Å². The first-order chi connectivity index (χ1) is 14.5. The van der Waals surface area contributed by atoms with Gasteiger partial charge in [0, 0.05) is 12.7 Å². The van der Waals surface area contributed by atoms with Crippen LogP contribution in [0.25, 0.3) is 39.6 Å². The highest BCUT2D eigenvalue weighted by Crippen LogP contribution is 2.34. The van der Waals surface area contributed by atoms with Gasteiger partial charge in [0.25, 0.3) is 0 Å². The molecule has 5 rings (SSSR count). The Morgan fingerprint density at radius 3 is 2.60 bits per heavy atom. The van der Waals surface area contributed by atoms with Crippen molar-refractivity contribution in [2.24, 2.45) is 0 Å². The van der Waals surface area contributed by atoms with E-state index >= 15 is 0 Å². The molecule has 0 spiro atoms. The van der Waals surface area contributed by atoms with Gasteiger partial charge in [-0.25, -0.2) is 19.0 Å². The van der Waals surface area contributed by atoms with Crippen molar-refractivity contribution in [2.75, 3.05) is 0 Å². The highest BCUT2D eigenvalue weighted by atomic mass is 19.1. The summed E-state index contributed by atoms with van der Waals surface area (Å²) in [6.07, 6.45) is 3.44. The number of halogens is 1.